The summed E-state index contributed by atoms with van der Waals surface area (Å²) in [5.74, 6) is 1.19. The summed E-state index contributed by atoms with van der Waals surface area (Å²) in [4.78, 5) is 17.7. The second-order valence-electron chi connectivity index (χ2n) is 6.24. The zero-order valence-corrected chi connectivity index (χ0v) is 14.8. The average Bonchev–Trinajstić information content (AvgIpc) is 2.67. The summed E-state index contributed by atoms with van der Waals surface area (Å²) >= 11 is 0. The van der Waals surface area contributed by atoms with Gasteiger partial charge in [0.15, 0.2) is 11.5 Å². The molecule has 26 heavy (non-hydrogen) atoms. The molecule has 1 aliphatic heterocycles. The quantitative estimate of drug-likeness (QED) is 0.773. The molecule has 0 atom stereocenters. The molecule has 0 spiro atoms. The van der Waals surface area contributed by atoms with E-state index in [1.807, 2.05) is 50.2 Å². The summed E-state index contributed by atoms with van der Waals surface area (Å²) < 4.78 is 11.1. The lowest BCUT2D eigenvalue weighted by atomic mass is 9.99. The largest absolute Gasteiger partial charge is 0.486 e. The van der Waals surface area contributed by atoms with Crippen LogP contribution in [-0.2, 0) is 6.42 Å². The highest BCUT2D eigenvalue weighted by Crippen LogP contribution is 2.33. The Hall–Kier alpha value is -3.08. The number of fused-ring (bicyclic) bond motifs is 2. The third kappa shape index (κ3) is 2.86. The summed E-state index contributed by atoms with van der Waals surface area (Å²) in [6.45, 7) is 5.04. The molecule has 0 radical (unpaired) electrons. The summed E-state index contributed by atoms with van der Waals surface area (Å²) in [6, 6.07) is 13.3. The van der Waals surface area contributed by atoms with E-state index in [0.29, 0.717) is 42.4 Å². The molecular weight excluding hydrogens is 328 g/mol. The van der Waals surface area contributed by atoms with E-state index in [2.05, 4.69) is 10.3 Å². The number of benzene rings is 2. The van der Waals surface area contributed by atoms with E-state index >= 15 is 0 Å². The van der Waals surface area contributed by atoms with Gasteiger partial charge in [-0.25, -0.2) is 0 Å². The fraction of sp³-hybridized carbons (Fsp3) is 0.238. The van der Waals surface area contributed by atoms with E-state index in [1.54, 1.807) is 6.07 Å². The molecule has 0 saturated heterocycles. The third-order valence-electron chi connectivity index (χ3n) is 4.59. The number of aromatic nitrogens is 1. The Morgan fingerprint density at radius 2 is 1.88 bits per heavy atom. The van der Waals surface area contributed by atoms with Crippen LogP contribution in [0.15, 0.2) is 42.5 Å². The molecule has 3 aromatic rings. The number of para-hydroxylation sites is 1. The van der Waals surface area contributed by atoms with Crippen molar-refractivity contribution in [2.24, 2.45) is 0 Å². The molecule has 0 bridgehead atoms. The SMILES string of the molecule is CCc1nc2ccccc2c(C)c1C(=O)Nc1ccc2c(c1)OCCO2. The molecule has 132 valence electrons. The molecule has 0 fully saturated rings. The number of carbonyl (C=O) groups excluding carboxylic acids is 1. The molecule has 5 heteroatoms. The maximum Gasteiger partial charge on any atom is 0.257 e. The van der Waals surface area contributed by atoms with Gasteiger partial charge in [0.25, 0.3) is 5.91 Å². The van der Waals surface area contributed by atoms with Crippen LogP contribution in [0.2, 0.25) is 0 Å². The van der Waals surface area contributed by atoms with E-state index in [1.165, 1.54) is 0 Å². The van der Waals surface area contributed by atoms with Crippen molar-refractivity contribution in [2.45, 2.75) is 20.3 Å². The number of pyridine rings is 1. The monoisotopic (exact) mass is 348 g/mol. The van der Waals surface area contributed by atoms with Crippen LogP contribution in [0.5, 0.6) is 11.5 Å². The van der Waals surface area contributed by atoms with Gasteiger partial charge in [-0.05, 0) is 37.1 Å². The van der Waals surface area contributed by atoms with Gasteiger partial charge in [0.2, 0.25) is 0 Å². The number of carbonyl (C=O) groups is 1. The van der Waals surface area contributed by atoms with Crippen molar-refractivity contribution < 1.29 is 14.3 Å². The van der Waals surface area contributed by atoms with Crippen LogP contribution in [-0.4, -0.2) is 24.1 Å². The van der Waals surface area contributed by atoms with Crippen LogP contribution in [0.1, 0.15) is 28.5 Å². The van der Waals surface area contributed by atoms with Crippen molar-refractivity contribution in [1.29, 1.82) is 0 Å². The molecule has 4 rings (SSSR count). The smallest absolute Gasteiger partial charge is 0.257 e. The number of hydrogen-bond acceptors (Lipinski definition) is 4. The first-order chi connectivity index (χ1) is 12.7. The van der Waals surface area contributed by atoms with E-state index < -0.39 is 0 Å². The van der Waals surface area contributed by atoms with Gasteiger partial charge in [-0.15, -0.1) is 0 Å². The maximum absolute atomic E-state index is 13.0. The normalized spacial score (nSPS) is 12.8. The van der Waals surface area contributed by atoms with Gasteiger partial charge in [0, 0.05) is 17.1 Å². The number of nitrogens with one attached hydrogen (secondary N) is 1. The van der Waals surface area contributed by atoms with E-state index in [-0.39, 0.29) is 5.91 Å². The van der Waals surface area contributed by atoms with Crippen LogP contribution in [0.3, 0.4) is 0 Å². The van der Waals surface area contributed by atoms with Crippen LogP contribution in [0.4, 0.5) is 5.69 Å². The number of ether oxygens (including phenoxy) is 2. The van der Waals surface area contributed by atoms with Crippen molar-refractivity contribution in [3.8, 4) is 11.5 Å². The Morgan fingerprint density at radius 1 is 1.12 bits per heavy atom. The Kier molecular flexibility index (Phi) is 4.21. The van der Waals surface area contributed by atoms with Gasteiger partial charge >= 0.3 is 0 Å². The van der Waals surface area contributed by atoms with Gasteiger partial charge in [-0.2, -0.15) is 0 Å². The highest BCUT2D eigenvalue weighted by Gasteiger charge is 2.19. The van der Waals surface area contributed by atoms with Crippen LogP contribution in [0.25, 0.3) is 10.9 Å². The number of amides is 1. The van der Waals surface area contributed by atoms with Crippen molar-refractivity contribution >= 4 is 22.5 Å². The summed E-state index contributed by atoms with van der Waals surface area (Å²) in [6.07, 6.45) is 0.690. The molecule has 0 aliphatic carbocycles. The fourth-order valence-electron chi connectivity index (χ4n) is 3.31. The number of hydrogen-bond donors (Lipinski definition) is 1. The second-order valence-corrected chi connectivity index (χ2v) is 6.24. The highest BCUT2D eigenvalue weighted by atomic mass is 16.6. The predicted octanol–water partition coefficient (Wildman–Crippen LogP) is 4.13. The fourth-order valence-corrected chi connectivity index (χ4v) is 3.31. The van der Waals surface area contributed by atoms with Crippen molar-refractivity contribution in [1.82, 2.24) is 4.98 Å². The van der Waals surface area contributed by atoms with E-state index in [4.69, 9.17) is 9.47 Å². The van der Waals surface area contributed by atoms with Crippen LogP contribution < -0.4 is 14.8 Å². The minimum Gasteiger partial charge on any atom is -0.486 e. The molecule has 0 saturated carbocycles. The van der Waals surface area contributed by atoms with Gasteiger partial charge in [0.1, 0.15) is 13.2 Å². The molecule has 2 aromatic carbocycles. The number of rotatable bonds is 3. The minimum atomic E-state index is -0.158. The molecule has 1 aliphatic rings. The third-order valence-corrected chi connectivity index (χ3v) is 4.59. The molecule has 0 unspecified atom stereocenters. The summed E-state index contributed by atoms with van der Waals surface area (Å²) in [5, 5.41) is 3.97. The predicted molar refractivity (Wildman–Crippen MR) is 101 cm³/mol. The Balaban J connectivity index is 1.71. The number of anilines is 1. The first-order valence-corrected chi connectivity index (χ1v) is 8.76. The average molecular weight is 348 g/mol. The molecule has 2 heterocycles. The van der Waals surface area contributed by atoms with Crippen molar-refractivity contribution in [2.75, 3.05) is 18.5 Å². The molecule has 1 aromatic heterocycles. The van der Waals surface area contributed by atoms with Crippen LogP contribution in [0, 0.1) is 6.92 Å². The molecular formula is C21H20N2O3. The van der Waals surface area contributed by atoms with E-state index in [9.17, 15) is 4.79 Å². The van der Waals surface area contributed by atoms with Crippen LogP contribution >= 0.6 is 0 Å². The van der Waals surface area contributed by atoms with Gasteiger partial charge in [-0.1, -0.05) is 25.1 Å². The topological polar surface area (TPSA) is 60.5 Å². The lowest BCUT2D eigenvalue weighted by molar-refractivity contribution is 0.102. The highest BCUT2D eigenvalue weighted by molar-refractivity contribution is 6.08. The second kappa shape index (κ2) is 6.67. The molecule has 1 amide bonds. The Bertz CT molecular complexity index is 998. The van der Waals surface area contributed by atoms with E-state index in [0.717, 1.165) is 22.2 Å². The standard InChI is InChI=1S/C21H20N2O3/c1-3-16-20(13(2)15-6-4-5-7-17(15)23-16)21(24)22-14-8-9-18-19(12-14)26-11-10-25-18/h4-9,12H,3,10-11H2,1-2H3,(H,22,24). The van der Waals surface area contributed by atoms with Crippen molar-refractivity contribution in [3.63, 3.8) is 0 Å². The zero-order chi connectivity index (χ0) is 18.1. The first-order valence-electron chi connectivity index (χ1n) is 8.76. The first kappa shape index (κ1) is 16.4. The summed E-state index contributed by atoms with van der Waals surface area (Å²) in [7, 11) is 0. The zero-order valence-electron chi connectivity index (χ0n) is 14.8. The number of aryl methyl sites for hydroxylation is 2. The Labute approximate surface area is 152 Å². The summed E-state index contributed by atoms with van der Waals surface area (Å²) in [5.41, 5.74) is 3.98. The lowest BCUT2D eigenvalue weighted by Gasteiger charge is -2.19. The van der Waals surface area contributed by atoms with Crippen molar-refractivity contribution in [3.05, 3.63) is 59.3 Å². The minimum absolute atomic E-state index is 0.158. The number of nitrogens with zero attached hydrogens (tertiary/aromatic N) is 1. The molecule has 5 nitrogen and oxygen atoms in total. The Morgan fingerprint density at radius 3 is 2.69 bits per heavy atom. The van der Waals surface area contributed by atoms with Gasteiger partial charge in [-0.3, -0.25) is 9.78 Å². The molecule has 1 N–H and O–H groups in total. The lowest BCUT2D eigenvalue weighted by Crippen LogP contribution is -2.18. The van der Waals surface area contributed by atoms with Gasteiger partial charge in [0.05, 0.1) is 16.8 Å². The van der Waals surface area contributed by atoms with Gasteiger partial charge < -0.3 is 14.8 Å². The maximum atomic E-state index is 13.0.